The van der Waals surface area contributed by atoms with Crippen molar-refractivity contribution in [1.29, 1.82) is 0 Å². The summed E-state index contributed by atoms with van der Waals surface area (Å²) in [5.41, 5.74) is 1.76. The molecule has 2 N–H and O–H groups in total. The van der Waals surface area contributed by atoms with Gasteiger partial charge in [-0.05, 0) is 18.9 Å². The van der Waals surface area contributed by atoms with Crippen molar-refractivity contribution in [2.75, 3.05) is 20.8 Å². The lowest BCUT2D eigenvalue weighted by molar-refractivity contribution is -0.141. The number of ether oxygens (including phenoxy) is 2. The molecule has 2 rings (SSSR count). The van der Waals surface area contributed by atoms with Crippen LogP contribution in [-0.2, 0) is 4.79 Å². The Morgan fingerprint density at radius 1 is 1.45 bits per heavy atom. The zero-order chi connectivity index (χ0) is 14.9. The Labute approximate surface area is 122 Å². The largest absolute Gasteiger partial charge is 0.493 e. The van der Waals surface area contributed by atoms with E-state index in [4.69, 9.17) is 26.2 Å². The van der Waals surface area contributed by atoms with Crippen LogP contribution < -0.4 is 14.8 Å². The Hall–Kier alpha value is -1.46. The SMILES string of the molecule is COc1cc(Cl)c(C2CC(C(=O)O)CN2)c(C)c1OC. The van der Waals surface area contributed by atoms with Gasteiger partial charge in [-0.25, -0.2) is 0 Å². The monoisotopic (exact) mass is 299 g/mol. The van der Waals surface area contributed by atoms with Crippen LogP contribution in [-0.4, -0.2) is 31.8 Å². The minimum absolute atomic E-state index is 0.0802. The van der Waals surface area contributed by atoms with E-state index in [-0.39, 0.29) is 12.0 Å². The summed E-state index contributed by atoms with van der Waals surface area (Å²) >= 11 is 6.33. The lowest BCUT2D eigenvalue weighted by Gasteiger charge is -2.20. The summed E-state index contributed by atoms with van der Waals surface area (Å²) in [4.78, 5) is 11.1. The number of aliphatic carboxylic acids is 1. The van der Waals surface area contributed by atoms with Gasteiger partial charge in [-0.15, -0.1) is 0 Å². The Balaban J connectivity index is 2.40. The van der Waals surface area contributed by atoms with Gasteiger partial charge in [-0.1, -0.05) is 11.6 Å². The van der Waals surface area contributed by atoms with Crippen LogP contribution >= 0.6 is 11.6 Å². The zero-order valence-electron chi connectivity index (χ0n) is 11.7. The van der Waals surface area contributed by atoms with Crippen LogP contribution in [0.5, 0.6) is 11.5 Å². The summed E-state index contributed by atoms with van der Waals surface area (Å²) in [6.45, 7) is 2.35. The van der Waals surface area contributed by atoms with Crippen molar-refractivity contribution in [1.82, 2.24) is 5.32 Å². The molecule has 0 aromatic heterocycles. The molecule has 0 radical (unpaired) electrons. The van der Waals surface area contributed by atoms with Crippen molar-refractivity contribution >= 4 is 17.6 Å². The molecule has 0 bridgehead atoms. The van der Waals surface area contributed by atoms with E-state index in [1.54, 1.807) is 20.3 Å². The number of carbonyl (C=O) groups is 1. The second-order valence-electron chi connectivity index (χ2n) is 4.86. The molecule has 1 aliphatic rings. The Morgan fingerprint density at radius 3 is 2.65 bits per heavy atom. The van der Waals surface area contributed by atoms with Crippen LogP contribution in [0.2, 0.25) is 5.02 Å². The van der Waals surface area contributed by atoms with E-state index in [2.05, 4.69) is 5.32 Å². The zero-order valence-corrected chi connectivity index (χ0v) is 12.5. The number of carboxylic acids is 1. The maximum Gasteiger partial charge on any atom is 0.307 e. The van der Waals surface area contributed by atoms with E-state index in [1.165, 1.54) is 0 Å². The third-order valence-electron chi connectivity index (χ3n) is 3.74. The van der Waals surface area contributed by atoms with Gasteiger partial charge in [0.05, 0.1) is 20.1 Å². The van der Waals surface area contributed by atoms with Crippen LogP contribution in [0.3, 0.4) is 0 Å². The molecule has 2 unspecified atom stereocenters. The van der Waals surface area contributed by atoms with Crippen molar-refractivity contribution < 1.29 is 19.4 Å². The van der Waals surface area contributed by atoms with Crippen LogP contribution in [0.25, 0.3) is 0 Å². The van der Waals surface area contributed by atoms with Crippen molar-refractivity contribution in [3.05, 3.63) is 22.2 Å². The Bertz CT molecular complexity index is 532. The molecule has 1 heterocycles. The molecule has 0 amide bonds. The van der Waals surface area contributed by atoms with E-state index in [0.717, 1.165) is 11.1 Å². The number of hydrogen-bond acceptors (Lipinski definition) is 4. The topological polar surface area (TPSA) is 67.8 Å². The number of carboxylic acid groups (broad SMARTS) is 1. The fraction of sp³-hybridized carbons (Fsp3) is 0.500. The number of halogens is 1. The van der Waals surface area contributed by atoms with Crippen LogP contribution in [0.15, 0.2) is 6.07 Å². The molecule has 0 spiro atoms. The third-order valence-corrected chi connectivity index (χ3v) is 4.05. The first kappa shape index (κ1) is 14.9. The van der Waals surface area contributed by atoms with Gasteiger partial charge >= 0.3 is 5.97 Å². The third kappa shape index (κ3) is 2.55. The second-order valence-corrected chi connectivity index (χ2v) is 5.27. The van der Waals surface area contributed by atoms with Gasteiger partial charge in [0.15, 0.2) is 11.5 Å². The van der Waals surface area contributed by atoms with Gasteiger partial charge in [0.1, 0.15) is 0 Å². The molecule has 0 aliphatic carbocycles. The highest BCUT2D eigenvalue weighted by molar-refractivity contribution is 6.31. The summed E-state index contributed by atoms with van der Waals surface area (Å²) in [5, 5.41) is 12.9. The van der Waals surface area contributed by atoms with Crippen molar-refractivity contribution in [2.45, 2.75) is 19.4 Å². The fourth-order valence-electron chi connectivity index (χ4n) is 2.72. The minimum atomic E-state index is -0.783. The number of benzene rings is 1. The van der Waals surface area contributed by atoms with Gasteiger partial charge in [0.25, 0.3) is 0 Å². The molecule has 1 aliphatic heterocycles. The average Bonchev–Trinajstić information content (AvgIpc) is 2.87. The Morgan fingerprint density at radius 2 is 2.15 bits per heavy atom. The van der Waals surface area contributed by atoms with Crippen LogP contribution in [0, 0.1) is 12.8 Å². The first-order valence-electron chi connectivity index (χ1n) is 6.36. The van der Waals surface area contributed by atoms with E-state index >= 15 is 0 Å². The lowest BCUT2D eigenvalue weighted by atomic mass is 9.95. The molecule has 6 heteroatoms. The summed E-state index contributed by atoms with van der Waals surface area (Å²) < 4.78 is 10.6. The molecule has 0 saturated carbocycles. The first-order chi connectivity index (χ1) is 9.49. The first-order valence-corrected chi connectivity index (χ1v) is 6.74. The van der Waals surface area contributed by atoms with Crippen molar-refractivity contribution in [2.24, 2.45) is 5.92 Å². The van der Waals surface area contributed by atoms with Crippen molar-refractivity contribution in [3.8, 4) is 11.5 Å². The van der Waals surface area contributed by atoms with Crippen LogP contribution in [0.4, 0.5) is 0 Å². The molecule has 1 aromatic carbocycles. The maximum absolute atomic E-state index is 11.1. The van der Waals surface area contributed by atoms with Crippen LogP contribution in [0.1, 0.15) is 23.6 Å². The quantitative estimate of drug-likeness (QED) is 0.893. The van der Waals surface area contributed by atoms with Crippen molar-refractivity contribution in [3.63, 3.8) is 0 Å². The van der Waals surface area contributed by atoms with E-state index in [9.17, 15) is 4.79 Å². The van der Waals surface area contributed by atoms with Gasteiger partial charge in [0.2, 0.25) is 0 Å². The van der Waals surface area contributed by atoms with E-state index in [0.29, 0.717) is 29.5 Å². The molecule has 1 saturated heterocycles. The van der Waals surface area contributed by atoms with Gasteiger partial charge in [-0.2, -0.15) is 0 Å². The van der Waals surface area contributed by atoms with E-state index in [1.807, 2.05) is 6.92 Å². The maximum atomic E-state index is 11.1. The van der Waals surface area contributed by atoms with Gasteiger partial charge in [-0.3, -0.25) is 4.79 Å². The number of hydrogen-bond donors (Lipinski definition) is 2. The molecule has 2 atom stereocenters. The molecule has 110 valence electrons. The molecule has 1 aromatic rings. The Kier molecular flexibility index (Phi) is 4.40. The van der Waals surface area contributed by atoms with Gasteiger partial charge in [0, 0.05) is 29.2 Å². The molecule has 5 nitrogen and oxygen atoms in total. The normalized spacial score (nSPS) is 21.8. The molecular formula is C14H18ClNO4. The standard InChI is InChI=1S/C14H18ClNO4/c1-7-12(10-4-8(6-16-10)14(17)18)9(15)5-11(19-2)13(7)20-3/h5,8,10,16H,4,6H2,1-3H3,(H,17,18). The lowest BCUT2D eigenvalue weighted by Crippen LogP contribution is -2.18. The average molecular weight is 300 g/mol. The summed E-state index contributed by atoms with van der Waals surface area (Å²) in [6, 6.07) is 1.63. The molecular weight excluding hydrogens is 282 g/mol. The number of methoxy groups -OCH3 is 2. The van der Waals surface area contributed by atoms with Gasteiger partial charge < -0.3 is 19.9 Å². The smallest absolute Gasteiger partial charge is 0.307 e. The molecule has 1 fully saturated rings. The summed E-state index contributed by atoms with van der Waals surface area (Å²) in [5.74, 6) is 0.0387. The number of nitrogens with one attached hydrogen (secondary N) is 1. The highest BCUT2D eigenvalue weighted by Crippen LogP contribution is 2.42. The highest BCUT2D eigenvalue weighted by Gasteiger charge is 2.33. The highest BCUT2D eigenvalue weighted by atomic mass is 35.5. The predicted molar refractivity (Wildman–Crippen MR) is 75.8 cm³/mol. The number of rotatable bonds is 4. The minimum Gasteiger partial charge on any atom is -0.493 e. The van der Waals surface area contributed by atoms with E-state index < -0.39 is 5.97 Å². The predicted octanol–water partition coefficient (Wildman–Crippen LogP) is 2.40. The second kappa shape index (κ2) is 5.89. The summed E-state index contributed by atoms with van der Waals surface area (Å²) in [6.07, 6.45) is 0.519. The molecule has 20 heavy (non-hydrogen) atoms. The fourth-order valence-corrected chi connectivity index (χ4v) is 3.09. The summed E-state index contributed by atoms with van der Waals surface area (Å²) in [7, 11) is 3.13.